The van der Waals surface area contributed by atoms with Crippen LogP contribution in [0.5, 0.6) is 5.75 Å². The molecule has 0 amide bonds. The topological polar surface area (TPSA) is 108 Å². The Balaban J connectivity index is 1.66. The van der Waals surface area contributed by atoms with Gasteiger partial charge < -0.3 is 25.2 Å². The number of aliphatic hydroxyl groups is 1. The number of ether oxygens (including phenoxy) is 1. The number of benzene rings is 2. The van der Waals surface area contributed by atoms with Crippen molar-refractivity contribution in [3.8, 4) is 5.75 Å². The highest BCUT2D eigenvalue weighted by molar-refractivity contribution is 7.98. The minimum atomic E-state index is -4.88. The Hall–Kier alpha value is -2.87. The highest BCUT2D eigenvalue weighted by Gasteiger charge is 2.31. The fourth-order valence-electron chi connectivity index (χ4n) is 2.63. The van der Waals surface area contributed by atoms with E-state index < -0.39 is 31.3 Å². The summed E-state index contributed by atoms with van der Waals surface area (Å²) >= 11 is 1.03. The van der Waals surface area contributed by atoms with Gasteiger partial charge in [0, 0.05) is 29.4 Å². The van der Waals surface area contributed by atoms with E-state index in [2.05, 4.69) is 20.0 Å². The smallest absolute Gasteiger partial charge is 0.423 e. The molecule has 1 heterocycles. The van der Waals surface area contributed by atoms with Gasteiger partial charge in [-0.2, -0.15) is 0 Å². The summed E-state index contributed by atoms with van der Waals surface area (Å²) in [6, 6.07) is 8.54. The van der Waals surface area contributed by atoms with Crippen molar-refractivity contribution in [2.24, 2.45) is 0 Å². The van der Waals surface area contributed by atoms with E-state index >= 15 is 0 Å². The van der Waals surface area contributed by atoms with E-state index in [1.165, 1.54) is 36.7 Å². The minimum absolute atomic E-state index is 0.0163. The van der Waals surface area contributed by atoms with Crippen LogP contribution in [0, 0.1) is 5.82 Å². The summed E-state index contributed by atoms with van der Waals surface area (Å²) in [4.78, 5) is 8.17. The van der Waals surface area contributed by atoms with Gasteiger partial charge in [-0.1, -0.05) is 17.8 Å². The van der Waals surface area contributed by atoms with Crippen LogP contribution in [-0.2, 0) is 5.75 Å². The second kappa shape index (κ2) is 10.2. The fourth-order valence-corrected chi connectivity index (χ4v) is 3.42. The molecule has 7 nitrogen and oxygen atoms in total. The van der Waals surface area contributed by atoms with Gasteiger partial charge in [-0.15, -0.1) is 13.2 Å². The molecule has 0 aliphatic rings. The van der Waals surface area contributed by atoms with Crippen LogP contribution in [0.25, 0.3) is 0 Å². The summed E-state index contributed by atoms with van der Waals surface area (Å²) in [5, 5.41) is 32.1. The number of thioether (sulfide) groups is 1. The Labute approximate surface area is 184 Å². The Morgan fingerprint density at radius 1 is 1.06 bits per heavy atom. The lowest BCUT2D eigenvalue weighted by atomic mass is 9.77. The number of alkyl halides is 3. The lowest BCUT2D eigenvalue weighted by molar-refractivity contribution is -0.274. The van der Waals surface area contributed by atoms with Crippen molar-refractivity contribution in [3.63, 3.8) is 0 Å². The van der Waals surface area contributed by atoms with Crippen molar-refractivity contribution in [3.05, 3.63) is 71.8 Å². The first-order valence-corrected chi connectivity index (χ1v) is 9.99. The zero-order chi connectivity index (χ0) is 23.3. The van der Waals surface area contributed by atoms with Gasteiger partial charge in [-0.3, -0.25) is 0 Å². The van der Waals surface area contributed by atoms with Gasteiger partial charge in [0.25, 0.3) is 0 Å². The van der Waals surface area contributed by atoms with Crippen molar-refractivity contribution >= 4 is 30.0 Å². The summed E-state index contributed by atoms with van der Waals surface area (Å²) in [5.41, 5.74) is 1.01. The quantitative estimate of drug-likeness (QED) is 0.131. The summed E-state index contributed by atoms with van der Waals surface area (Å²) in [6.45, 7) is 0. The van der Waals surface area contributed by atoms with Crippen LogP contribution < -0.4 is 15.5 Å². The standard InChI is InChI=1S/C19H16BF4N3O4S/c21-13-1-3-14(4-2-13)27-17(28)12-8-25-18(26-9-12)32-10-11-7-15(31-19(22,23)24)5-6-16(11)20(29)30/h1-9,17,27-30H,10H2. The monoisotopic (exact) mass is 469 g/mol. The van der Waals surface area contributed by atoms with Crippen LogP contribution in [0.1, 0.15) is 17.4 Å². The van der Waals surface area contributed by atoms with Crippen molar-refractivity contribution in [2.75, 3.05) is 5.32 Å². The molecule has 1 atom stereocenters. The Bertz CT molecular complexity index is 1040. The zero-order valence-electron chi connectivity index (χ0n) is 16.1. The Morgan fingerprint density at radius 3 is 2.31 bits per heavy atom. The van der Waals surface area contributed by atoms with Crippen LogP contribution in [-0.4, -0.2) is 38.6 Å². The van der Waals surface area contributed by atoms with Gasteiger partial charge >= 0.3 is 13.5 Å². The number of rotatable bonds is 8. The molecule has 0 radical (unpaired) electrons. The number of nitrogens with zero attached hydrogens (tertiary/aromatic N) is 2. The average molecular weight is 469 g/mol. The molecule has 4 N–H and O–H groups in total. The molecule has 0 aliphatic carbocycles. The maximum atomic E-state index is 13.0. The Morgan fingerprint density at radius 2 is 1.72 bits per heavy atom. The molecule has 13 heteroatoms. The van der Waals surface area contributed by atoms with Gasteiger partial charge in [-0.05, 0) is 47.4 Å². The predicted molar refractivity (Wildman–Crippen MR) is 110 cm³/mol. The van der Waals surface area contributed by atoms with E-state index in [9.17, 15) is 32.7 Å². The zero-order valence-corrected chi connectivity index (χ0v) is 16.9. The van der Waals surface area contributed by atoms with E-state index in [1.807, 2.05) is 0 Å². The third-order valence-electron chi connectivity index (χ3n) is 4.09. The molecule has 32 heavy (non-hydrogen) atoms. The molecule has 168 valence electrons. The molecule has 0 bridgehead atoms. The SMILES string of the molecule is OB(O)c1ccc(OC(F)(F)F)cc1CSc1ncc(C(O)Nc2ccc(F)cc2)cn1. The summed E-state index contributed by atoms with van der Waals surface area (Å²) < 4.78 is 54.2. The molecule has 2 aromatic carbocycles. The van der Waals surface area contributed by atoms with E-state index in [0.29, 0.717) is 11.3 Å². The Kier molecular flexibility index (Phi) is 7.56. The largest absolute Gasteiger partial charge is 0.573 e. The summed E-state index contributed by atoms with van der Waals surface area (Å²) in [7, 11) is -1.89. The second-order valence-electron chi connectivity index (χ2n) is 6.42. The number of nitrogens with one attached hydrogen (secondary N) is 1. The van der Waals surface area contributed by atoms with Gasteiger partial charge in [0.1, 0.15) is 11.6 Å². The predicted octanol–water partition coefficient (Wildman–Crippen LogP) is 2.59. The van der Waals surface area contributed by atoms with Crippen LogP contribution >= 0.6 is 11.8 Å². The molecule has 1 unspecified atom stereocenters. The lowest BCUT2D eigenvalue weighted by Gasteiger charge is -2.14. The van der Waals surface area contributed by atoms with E-state index in [4.69, 9.17) is 0 Å². The highest BCUT2D eigenvalue weighted by atomic mass is 32.2. The molecule has 3 aromatic rings. The third-order valence-corrected chi connectivity index (χ3v) is 5.02. The van der Waals surface area contributed by atoms with Crippen LogP contribution in [0.4, 0.5) is 23.2 Å². The molecule has 0 saturated carbocycles. The van der Waals surface area contributed by atoms with E-state index in [1.54, 1.807) is 0 Å². The maximum Gasteiger partial charge on any atom is 0.573 e. The van der Waals surface area contributed by atoms with Crippen molar-refractivity contribution in [2.45, 2.75) is 23.5 Å². The first-order valence-electron chi connectivity index (χ1n) is 9.00. The summed E-state index contributed by atoms with van der Waals surface area (Å²) in [5.74, 6) is -0.886. The number of hydrogen-bond acceptors (Lipinski definition) is 8. The summed E-state index contributed by atoms with van der Waals surface area (Å²) in [6.07, 6.45) is -3.35. The number of aromatic nitrogens is 2. The van der Waals surface area contributed by atoms with Crippen molar-refractivity contribution in [1.29, 1.82) is 0 Å². The number of halogens is 4. The lowest BCUT2D eigenvalue weighted by Crippen LogP contribution is -2.33. The molecule has 0 saturated heterocycles. The maximum absolute atomic E-state index is 13.0. The minimum Gasteiger partial charge on any atom is -0.423 e. The third kappa shape index (κ3) is 6.82. The molecule has 0 fully saturated rings. The van der Waals surface area contributed by atoms with Crippen LogP contribution in [0.3, 0.4) is 0 Å². The molecule has 3 rings (SSSR count). The molecular weight excluding hydrogens is 453 g/mol. The van der Waals surface area contributed by atoms with Gasteiger partial charge in [0.2, 0.25) is 0 Å². The number of hydrogen-bond donors (Lipinski definition) is 4. The van der Waals surface area contributed by atoms with Crippen molar-refractivity contribution < 1.29 is 37.5 Å². The molecule has 0 aliphatic heterocycles. The first kappa shape index (κ1) is 23.8. The fraction of sp³-hybridized carbons (Fsp3) is 0.158. The van der Waals surface area contributed by atoms with Crippen LogP contribution in [0.2, 0.25) is 0 Å². The number of anilines is 1. The van der Waals surface area contributed by atoms with Gasteiger partial charge in [0.05, 0.1) is 0 Å². The van der Waals surface area contributed by atoms with E-state index in [0.717, 1.165) is 30.0 Å². The van der Waals surface area contributed by atoms with Gasteiger partial charge in [-0.25, -0.2) is 14.4 Å². The van der Waals surface area contributed by atoms with Gasteiger partial charge in [0.15, 0.2) is 11.4 Å². The van der Waals surface area contributed by atoms with E-state index in [-0.39, 0.29) is 21.9 Å². The normalized spacial score (nSPS) is 12.3. The molecule has 1 aromatic heterocycles. The number of aliphatic hydroxyl groups excluding tert-OH is 1. The van der Waals surface area contributed by atoms with Crippen LogP contribution in [0.15, 0.2) is 60.0 Å². The van der Waals surface area contributed by atoms with Crippen molar-refractivity contribution in [1.82, 2.24) is 9.97 Å². The average Bonchev–Trinajstić information content (AvgIpc) is 2.73. The highest BCUT2D eigenvalue weighted by Crippen LogP contribution is 2.26. The second-order valence-corrected chi connectivity index (χ2v) is 7.37. The molecule has 0 spiro atoms. The molecular formula is C19H16BF4N3O4S. The first-order chi connectivity index (χ1) is 15.1.